The predicted octanol–water partition coefficient (Wildman–Crippen LogP) is 2.92. The highest BCUT2D eigenvalue weighted by Crippen LogP contribution is 2.21. The summed E-state index contributed by atoms with van der Waals surface area (Å²) in [5.41, 5.74) is 2.11. The van der Waals surface area contributed by atoms with Crippen LogP contribution in [0.25, 0.3) is 5.69 Å². The largest absolute Gasteiger partial charge is 0.454 e. The maximum absolute atomic E-state index is 13.9. The van der Waals surface area contributed by atoms with Gasteiger partial charge in [-0.1, -0.05) is 18.2 Å². The minimum Gasteiger partial charge on any atom is -0.454 e. The minimum atomic E-state index is -4.13. The molecule has 7 nitrogen and oxygen atoms in total. The average Bonchev–Trinajstić information content (AvgIpc) is 3.00. The van der Waals surface area contributed by atoms with E-state index >= 15 is 0 Å². The summed E-state index contributed by atoms with van der Waals surface area (Å²) in [7, 11) is -4.13. The van der Waals surface area contributed by atoms with E-state index in [9.17, 15) is 22.4 Å². The standard InChI is InChI=1S/C21H19FN2O5S/c1-13-10-17(14(2)24(13)15-6-4-3-5-7-15)20(25)12-29-21(26)18-11-16(30(23,27)28)8-9-19(18)22/h3-11H,12H2,1-2H3,(H2,23,27,28). The number of rotatable bonds is 6. The summed E-state index contributed by atoms with van der Waals surface area (Å²) in [6, 6.07) is 13.6. The van der Waals surface area contributed by atoms with Gasteiger partial charge in [-0.05, 0) is 50.2 Å². The van der Waals surface area contributed by atoms with Crippen molar-refractivity contribution in [2.75, 3.05) is 6.61 Å². The molecule has 0 saturated carbocycles. The number of aryl methyl sites for hydroxylation is 1. The number of nitrogens with two attached hydrogens (primary N) is 1. The summed E-state index contributed by atoms with van der Waals surface area (Å²) in [6.07, 6.45) is 0. The first-order valence-corrected chi connectivity index (χ1v) is 10.4. The first kappa shape index (κ1) is 21.4. The van der Waals surface area contributed by atoms with E-state index in [1.165, 1.54) is 0 Å². The van der Waals surface area contributed by atoms with Crippen molar-refractivity contribution < 1.29 is 27.1 Å². The zero-order valence-electron chi connectivity index (χ0n) is 16.3. The van der Waals surface area contributed by atoms with Gasteiger partial charge in [0, 0.05) is 22.6 Å². The molecular weight excluding hydrogens is 411 g/mol. The molecule has 0 aliphatic heterocycles. The molecule has 0 radical (unpaired) electrons. The van der Waals surface area contributed by atoms with E-state index in [1.807, 2.05) is 41.8 Å². The van der Waals surface area contributed by atoms with Crippen molar-refractivity contribution in [1.29, 1.82) is 0 Å². The number of aromatic nitrogens is 1. The van der Waals surface area contributed by atoms with Crippen molar-refractivity contribution in [1.82, 2.24) is 4.57 Å². The van der Waals surface area contributed by atoms with Gasteiger partial charge in [-0.15, -0.1) is 0 Å². The van der Waals surface area contributed by atoms with Gasteiger partial charge < -0.3 is 9.30 Å². The number of ketones is 1. The van der Waals surface area contributed by atoms with E-state index in [4.69, 9.17) is 9.88 Å². The number of ether oxygens (including phenoxy) is 1. The molecular formula is C21H19FN2O5S. The third kappa shape index (κ3) is 4.32. The van der Waals surface area contributed by atoms with Gasteiger partial charge in [0.25, 0.3) is 0 Å². The normalized spacial score (nSPS) is 11.3. The van der Waals surface area contributed by atoms with E-state index < -0.39 is 44.7 Å². The molecule has 0 aliphatic rings. The number of benzene rings is 2. The molecule has 0 bridgehead atoms. The van der Waals surface area contributed by atoms with Gasteiger partial charge in [-0.25, -0.2) is 22.7 Å². The van der Waals surface area contributed by atoms with Crippen LogP contribution in [-0.2, 0) is 14.8 Å². The lowest BCUT2D eigenvalue weighted by Crippen LogP contribution is -2.17. The highest BCUT2D eigenvalue weighted by Gasteiger charge is 2.21. The number of Topliss-reactive ketones (excluding diaryl/α,β-unsaturated/α-hetero) is 1. The maximum Gasteiger partial charge on any atom is 0.341 e. The Morgan fingerprint density at radius 2 is 1.70 bits per heavy atom. The monoisotopic (exact) mass is 430 g/mol. The van der Waals surface area contributed by atoms with Crippen molar-refractivity contribution in [2.45, 2.75) is 18.7 Å². The van der Waals surface area contributed by atoms with Crippen LogP contribution in [0.2, 0.25) is 0 Å². The molecule has 3 rings (SSSR count). The summed E-state index contributed by atoms with van der Waals surface area (Å²) in [5.74, 6) is -2.62. The second-order valence-electron chi connectivity index (χ2n) is 6.64. The summed E-state index contributed by atoms with van der Waals surface area (Å²) in [5, 5.41) is 5.00. The van der Waals surface area contributed by atoms with E-state index in [0.29, 0.717) is 11.3 Å². The molecule has 2 aromatic carbocycles. The van der Waals surface area contributed by atoms with Crippen LogP contribution >= 0.6 is 0 Å². The Morgan fingerprint density at radius 1 is 1.03 bits per heavy atom. The van der Waals surface area contributed by atoms with Crippen molar-refractivity contribution in [3.05, 3.63) is 82.9 Å². The van der Waals surface area contributed by atoms with Gasteiger partial charge in [0.15, 0.2) is 6.61 Å². The van der Waals surface area contributed by atoms with Gasteiger partial charge in [-0.3, -0.25) is 4.79 Å². The highest BCUT2D eigenvalue weighted by molar-refractivity contribution is 7.89. The summed E-state index contributed by atoms with van der Waals surface area (Å²) >= 11 is 0. The number of halogens is 1. The maximum atomic E-state index is 13.9. The fraction of sp³-hybridized carbons (Fsp3) is 0.143. The van der Waals surface area contributed by atoms with Crippen LogP contribution in [0.4, 0.5) is 4.39 Å². The molecule has 3 aromatic rings. The number of carbonyl (C=O) groups excluding carboxylic acids is 2. The van der Waals surface area contributed by atoms with Crippen LogP contribution in [0.15, 0.2) is 59.5 Å². The van der Waals surface area contributed by atoms with Crippen molar-refractivity contribution in [2.24, 2.45) is 5.14 Å². The molecule has 0 fully saturated rings. The van der Waals surface area contributed by atoms with Crippen LogP contribution in [0, 0.1) is 19.7 Å². The first-order chi connectivity index (χ1) is 14.1. The quantitative estimate of drug-likeness (QED) is 0.478. The Bertz CT molecular complexity index is 1230. The lowest BCUT2D eigenvalue weighted by atomic mass is 10.1. The summed E-state index contributed by atoms with van der Waals surface area (Å²) in [6.45, 7) is 2.98. The van der Waals surface area contributed by atoms with Gasteiger partial charge in [0.2, 0.25) is 15.8 Å². The van der Waals surface area contributed by atoms with Gasteiger partial charge >= 0.3 is 5.97 Å². The molecule has 0 amide bonds. The number of hydrogen-bond acceptors (Lipinski definition) is 5. The fourth-order valence-electron chi connectivity index (χ4n) is 3.14. The van der Waals surface area contributed by atoms with E-state index in [0.717, 1.165) is 29.6 Å². The van der Waals surface area contributed by atoms with Crippen LogP contribution in [0.5, 0.6) is 0 Å². The average molecular weight is 430 g/mol. The Balaban J connectivity index is 1.79. The zero-order chi connectivity index (χ0) is 22.1. The van der Waals surface area contributed by atoms with E-state index in [-0.39, 0.29) is 0 Å². The third-order valence-electron chi connectivity index (χ3n) is 4.57. The molecule has 156 valence electrons. The number of esters is 1. The molecule has 1 heterocycles. The number of hydrogen-bond donors (Lipinski definition) is 1. The third-order valence-corrected chi connectivity index (χ3v) is 5.48. The number of nitrogens with zero attached hydrogens (tertiary/aromatic N) is 1. The molecule has 0 atom stereocenters. The predicted molar refractivity (Wildman–Crippen MR) is 108 cm³/mol. The Kier molecular flexibility index (Phi) is 5.86. The fourth-order valence-corrected chi connectivity index (χ4v) is 3.68. The number of para-hydroxylation sites is 1. The number of sulfonamides is 1. The Hall–Kier alpha value is -3.30. The van der Waals surface area contributed by atoms with E-state index in [1.54, 1.807) is 13.0 Å². The smallest absolute Gasteiger partial charge is 0.341 e. The first-order valence-electron chi connectivity index (χ1n) is 8.86. The zero-order valence-corrected chi connectivity index (χ0v) is 17.1. The van der Waals surface area contributed by atoms with Crippen LogP contribution in [0.1, 0.15) is 32.1 Å². The Labute approximate surface area is 172 Å². The number of carbonyl (C=O) groups is 2. The second-order valence-corrected chi connectivity index (χ2v) is 8.20. The van der Waals surface area contributed by atoms with E-state index in [2.05, 4.69) is 0 Å². The summed E-state index contributed by atoms with van der Waals surface area (Å²) in [4.78, 5) is 24.4. The van der Waals surface area contributed by atoms with Crippen LogP contribution in [-0.4, -0.2) is 31.3 Å². The highest BCUT2D eigenvalue weighted by atomic mass is 32.2. The minimum absolute atomic E-state index is 0.364. The van der Waals surface area contributed by atoms with Crippen LogP contribution in [0.3, 0.4) is 0 Å². The molecule has 1 aromatic heterocycles. The van der Waals surface area contributed by atoms with Crippen molar-refractivity contribution in [3.63, 3.8) is 0 Å². The van der Waals surface area contributed by atoms with Gasteiger partial charge in [0.1, 0.15) is 5.82 Å². The Morgan fingerprint density at radius 3 is 2.33 bits per heavy atom. The lowest BCUT2D eigenvalue weighted by molar-refractivity contribution is 0.0469. The summed E-state index contributed by atoms with van der Waals surface area (Å²) < 4.78 is 43.6. The molecule has 0 unspecified atom stereocenters. The lowest BCUT2D eigenvalue weighted by Gasteiger charge is -2.10. The van der Waals surface area contributed by atoms with Gasteiger partial charge in [-0.2, -0.15) is 0 Å². The molecule has 0 saturated heterocycles. The topological polar surface area (TPSA) is 108 Å². The SMILES string of the molecule is Cc1cc(C(=O)COC(=O)c2cc(S(N)(=O)=O)ccc2F)c(C)n1-c1ccccc1. The molecule has 9 heteroatoms. The van der Waals surface area contributed by atoms with Crippen molar-refractivity contribution in [3.8, 4) is 5.69 Å². The molecule has 0 spiro atoms. The number of primary sulfonamides is 1. The van der Waals surface area contributed by atoms with Crippen LogP contribution < -0.4 is 5.14 Å². The van der Waals surface area contributed by atoms with Gasteiger partial charge in [0.05, 0.1) is 10.5 Å². The molecule has 2 N–H and O–H groups in total. The second kappa shape index (κ2) is 8.21. The molecule has 0 aliphatic carbocycles. The van der Waals surface area contributed by atoms with Crippen molar-refractivity contribution >= 4 is 21.8 Å². The molecule has 30 heavy (non-hydrogen) atoms.